The average Bonchev–Trinajstić information content (AvgIpc) is 3.45. The first-order chi connectivity index (χ1) is 23.8. The van der Waals surface area contributed by atoms with Gasteiger partial charge in [-0.05, 0) is 119 Å². The van der Waals surface area contributed by atoms with Gasteiger partial charge >= 0.3 is 0 Å². The fourth-order valence-electron chi connectivity index (χ4n) is 9.45. The van der Waals surface area contributed by atoms with Crippen LogP contribution in [-0.4, -0.2) is 0 Å². The van der Waals surface area contributed by atoms with Gasteiger partial charge in [0.1, 0.15) is 0 Å². The van der Waals surface area contributed by atoms with Crippen molar-refractivity contribution in [3.63, 3.8) is 0 Å². The van der Waals surface area contributed by atoms with Gasteiger partial charge in [0.2, 0.25) is 0 Å². The van der Waals surface area contributed by atoms with E-state index in [0.717, 1.165) is 6.42 Å². The molecule has 0 aliphatic heterocycles. The summed E-state index contributed by atoms with van der Waals surface area (Å²) in [5, 5.41) is 0. The monoisotopic (exact) mass is 626 g/mol. The van der Waals surface area contributed by atoms with E-state index in [1.165, 1.54) is 100 Å². The van der Waals surface area contributed by atoms with E-state index in [-0.39, 0.29) is 10.8 Å². The van der Waals surface area contributed by atoms with Crippen LogP contribution < -0.4 is 0 Å². The molecular formula is C49H38. The summed E-state index contributed by atoms with van der Waals surface area (Å²) in [4.78, 5) is 0. The van der Waals surface area contributed by atoms with Gasteiger partial charge in [0.05, 0.1) is 0 Å². The van der Waals surface area contributed by atoms with Crippen LogP contribution in [-0.2, 0) is 17.3 Å². The van der Waals surface area contributed by atoms with Crippen LogP contribution in [0, 0.1) is 0 Å². The molecule has 3 aliphatic rings. The Morgan fingerprint density at radius 2 is 0.694 bits per heavy atom. The molecule has 0 heterocycles. The molecule has 0 N–H and O–H groups in total. The van der Waals surface area contributed by atoms with Crippen molar-refractivity contribution in [2.45, 2.75) is 44.9 Å². The lowest BCUT2D eigenvalue weighted by atomic mass is 9.82. The second kappa shape index (κ2) is 10.0. The fraction of sp³-hybridized carbons (Fsp3) is 0.143. The minimum Gasteiger partial charge on any atom is -0.0619 e. The molecule has 0 amide bonds. The van der Waals surface area contributed by atoms with Crippen LogP contribution in [0.25, 0.3) is 66.8 Å². The molecule has 3 aliphatic carbocycles. The standard InChI is InChI=1S/C49H38/c1-48(2)42-19-9-7-15-38(42)46-34(17-11-21-44(46)48)32-25-23-30-27-31-24-26-33(29-41(31)37-14-6-5-13-36(37)40(30)28-32)35-18-12-22-45-47(35)39-16-8-10-20-43(39)49(45,3)4/h5-26,28-29H,27H2,1-4H3. The lowest BCUT2D eigenvalue weighted by Crippen LogP contribution is -2.14. The zero-order chi connectivity index (χ0) is 33.1. The predicted molar refractivity (Wildman–Crippen MR) is 206 cm³/mol. The average molecular weight is 627 g/mol. The molecule has 0 fully saturated rings. The van der Waals surface area contributed by atoms with Crippen molar-refractivity contribution in [3.05, 3.63) is 179 Å². The van der Waals surface area contributed by atoms with Crippen molar-refractivity contribution in [3.8, 4) is 66.8 Å². The summed E-state index contributed by atoms with van der Waals surface area (Å²) in [6.45, 7) is 9.46. The van der Waals surface area contributed by atoms with Crippen LogP contribution in [0.2, 0.25) is 0 Å². The highest BCUT2D eigenvalue weighted by Gasteiger charge is 2.38. The summed E-state index contributed by atoms with van der Waals surface area (Å²) < 4.78 is 0. The van der Waals surface area contributed by atoms with E-state index in [1.807, 2.05) is 0 Å². The van der Waals surface area contributed by atoms with E-state index >= 15 is 0 Å². The first-order valence-corrected chi connectivity index (χ1v) is 17.7. The number of benzene rings is 7. The van der Waals surface area contributed by atoms with E-state index in [9.17, 15) is 0 Å². The first kappa shape index (κ1) is 28.5. The van der Waals surface area contributed by atoms with Crippen LogP contribution in [0.3, 0.4) is 0 Å². The number of fused-ring (bicyclic) bond motifs is 11. The van der Waals surface area contributed by atoms with Crippen LogP contribution >= 0.6 is 0 Å². The SMILES string of the molecule is CC1(C)c2ccccc2-c2c(-c3ccc4c(c3)-c3ccccc3-c3cc(-c5cccc6c5-c5ccccc5C6(C)C)ccc3C4)cccc21. The van der Waals surface area contributed by atoms with E-state index < -0.39 is 0 Å². The number of hydrogen-bond acceptors (Lipinski definition) is 0. The van der Waals surface area contributed by atoms with Gasteiger partial charge in [0.15, 0.2) is 0 Å². The first-order valence-electron chi connectivity index (χ1n) is 17.7. The molecule has 0 saturated heterocycles. The third kappa shape index (κ3) is 3.92. The highest BCUT2D eigenvalue weighted by atomic mass is 14.4. The molecule has 7 aromatic carbocycles. The van der Waals surface area contributed by atoms with E-state index in [2.05, 4.69) is 173 Å². The third-order valence-corrected chi connectivity index (χ3v) is 11.9. The van der Waals surface area contributed by atoms with Crippen molar-refractivity contribution in [1.82, 2.24) is 0 Å². The fourth-order valence-corrected chi connectivity index (χ4v) is 9.45. The predicted octanol–water partition coefficient (Wildman–Crippen LogP) is 12.9. The topological polar surface area (TPSA) is 0 Å². The largest absolute Gasteiger partial charge is 0.0619 e. The van der Waals surface area contributed by atoms with Gasteiger partial charge < -0.3 is 0 Å². The summed E-state index contributed by atoms with van der Waals surface area (Å²) in [5.74, 6) is 0. The van der Waals surface area contributed by atoms with Gasteiger partial charge in [0.25, 0.3) is 0 Å². The highest BCUT2D eigenvalue weighted by molar-refractivity contribution is 5.97. The maximum atomic E-state index is 2.47. The van der Waals surface area contributed by atoms with Crippen molar-refractivity contribution >= 4 is 0 Å². The maximum Gasteiger partial charge on any atom is 0.0159 e. The van der Waals surface area contributed by atoms with Crippen LogP contribution in [0.1, 0.15) is 61.1 Å². The molecule has 0 unspecified atom stereocenters. The molecule has 0 heteroatoms. The van der Waals surface area contributed by atoms with Gasteiger partial charge in [-0.1, -0.05) is 161 Å². The minimum atomic E-state index is -0.0176. The Morgan fingerprint density at radius 1 is 0.327 bits per heavy atom. The summed E-state index contributed by atoms with van der Waals surface area (Å²) >= 11 is 0. The van der Waals surface area contributed by atoms with E-state index in [0.29, 0.717) is 0 Å². The van der Waals surface area contributed by atoms with Crippen LogP contribution in [0.4, 0.5) is 0 Å². The van der Waals surface area contributed by atoms with Crippen molar-refractivity contribution < 1.29 is 0 Å². The molecule has 7 aromatic rings. The van der Waals surface area contributed by atoms with Gasteiger partial charge in [-0.15, -0.1) is 0 Å². The second-order valence-corrected chi connectivity index (χ2v) is 15.3. The molecule has 0 aromatic heterocycles. The maximum absolute atomic E-state index is 2.47. The Labute approximate surface area is 289 Å². The van der Waals surface area contributed by atoms with Gasteiger partial charge in [-0.3, -0.25) is 0 Å². The Kier molecular flexibility index (Phi) is 5.84. The molecule has 10 rings (SSSR count). The number of rotatable bonds is 2. The Hall–Kier alpha value is -5.46. The van der Waals surface area contributed by atoms with Crippen LogP contribution in [0.5, 0.6) is 0 Å². The van der Waals surface area contributed by atoms with Crippen molar-refractivity contribution in [1.29, 1.82) is 0 Å². The van der Waals surface area contributed by atoms with Crippen LogP contribution in [0.15, 0.2) is 146 Å². The quantitative estimate of drug-likeness (QED) is 0.179. The van der Waals surface area contributed by atoms with Gasteiger partial charge in [-0.25, -0.2) is 0 Å². The highest BCUT2D eigenvalue weighted by Crippen LogP contribution is 2.54. The molecule has 0 bridgehead atoms. The molecule has 0 nitrogen and oxygen atoms in total. The third-order valence-electron chi connectivity index (χ3n) is 11.9. The van der Waals surface area contributed by atoms with Gasteiger partial charge in [0, 0.05) is 10.8 Å². The molecule has 0 radical (unpaired) electrons. The molecule has 0 atom stereocenters. The zero-order valence-electron chi connectivity index (χ0n) is 28.6. The molecule has 234 valence electrons. The molecule has 49 heavy (non-hydrogen) atoms. The lowest BCUT2D eigenvalue weighted by molar-refractivity contribution is 0.660. The van der Waals surface area contributed by atoms with Crippen molar-refractivity contribution in [2.75, 3.05) is 0 Å². The summed E-state index contributed by atoms with van der Waals surface area (Å²) in [6, 6.07) is 55.2. The zero-order valence-corrected chi connectivity index (χ0v) is 28.6. The van der Waals surface area contributed by atoms with E-state index in [4.69, 9.17) is 0 Å². The van der Waals surface area contributed by atoms with Gasteiger partial charge in [-0.2, -0.15) is 0 Å². The molecule has 0 spiro atoms. The van der Waals surface area contributed by atoms with E-state index in [1.54, 1.807) is 0 Å². The lowest BCUT2D eigenvalue weighted by Gasteiger charge is -2.21. The Bertz CT molecular complexity index is 2340. The second-order valence-electron chi connectivity index (χ2n) is 15.3. The smallest absolute Gasteiger partial charge is 0.0159 e. The molecular weight excluding hydrogens is 589 g/mol. The minimum absolute atomic E-state index is 0.0176. The van der Waals surface area contributed by atoms with Crippen molar-refractivity contribution in [2.24, 2.45) is 0 Å². The normalized spacial score (nSPS) is 15.2. The Balaban J connectivity index is 1.13. The molecule has 0 saturated carbocycles. The number of hydrogen-bond donors (Lipinski definition) is 0. The Morgan fingerprint density at radius 3 is 1.14 bits per heavy atom. The summed E-state index contributed by atoms with van der Waals surface area (Å²) in [7, 11) is 0. The summed E-state index contributed by atoms with van der Waals surface area (Å²) in [5.41, 5.74) is 24.4. The summed E-state index contributed by atoms with van der Waals surface area (Å²) in [6.07, 6.45) is 0.908.